The fourth-order valence-electron chi connectivity index (χ4n) is 1.86. The Balaban J connectivity index is 2.53. The topological polar surface area (TPSA) is 29.9 Å². The molecule has 1 aromatic rings. The van der Waals surface area contributed by atoms with Crippen LogP contribution in [-0.4, -0.2) is 21.7 Å². The van der Waals surface area contributed by atoms with Gasteiger partial charge in [0, 0.05) is 18.5 Å². The maximum absolute atomic E-state index is 6.33. The fraction of sp³-hybridized carbons (Fsp3) is 0.769. The van der Waals surface area contributed by atoms with E-state index in [9.17, 15) is 0 Å². The van der Waals surface area contributed by atoms with E-state index in [0.29, 0.717) is 0 Å². The van der Waals surface area contributed by atoms with Crippen LogP contribution in [0.15, 0.2) is 0 Å². The van der Waals surface area contributed by atoms with Crippen LogP contribution >= 0.6 is 23.2 Å². The number of aryl methyl sites for hydroxylation is 2. The second-order valence-corrected chi connectivity index (χ2v) is 5.34. The van der Waals surface area contributed by atoms with Gasteiger partial charge in [-0.05, 0) is 32.7 Å². The molecule has 5 heteroatoms. The summed E-state index contributed by atoms with van der Waals surface area (Å²) in [5.74, 6) is 0. The molecule has 1 aromatic heterocycles. The molecule has 0 aliphatic rings. The Bertz CT molecular complexity index is 363. The quantitative estimate of drug-likeness (QED) is 0.586. The molecular weight excluding hydrogens is 269 g/mol. The zero-order valence-electron chi connectivity index (χ0n) is 11.5. The predicted molar refractivity (Wildman–Crippen MR) is 78.5 cm³/mol. The maximum Gasteiger partial charge on any atom is 0.0863 e. The van der Waals surface area contributed by atoms with E-state index >= 15 is 0 Å². The van der Waals surface area contributed by atoms with E-state index in [2.05, 4.69) is 31.2 Å². The summed E-state index contributed by atoms with van der Waals surface area (Å²) in [7, 11) is 0. The zero-order valence-corrected chi connectivity index (χ0v) is 13.0. The van der Waals surface area contributed by atoms with E-state index in [-0.39, 0.29) is 5.38 Å². The van der Waals surface area contributed by atoms with Crippen molar-refractivity contribution in [1.82, 2.24) is 15.1 Å². The molecule has 3 nitrogen and oxygen atoms in total. The van der Waals surface area contributed by atoms with E-state index < -0.39 is 0 Å². The van der Waals surface area contributed by atoms with Gasteiger partial charge in [0.1, 0.15) is 0 Å². The van der Waals surface area contributed by atoms with Crippen molar-refractivity contribution < 1.29 is 0 Å². The lowest BCUT2D eigenvalue weighted by Crippen LogP contribution is -2.20. The van der Waals surface area contributed by atoms with E-state index in [1.807, 2.05) is 4.68 Å². The minimum absolute atomic E-state index is 0.260. The molecule has 1 N–H and O–H groups in total. The van der Waals surface area contributed by atoms with Crippen molar-refractivity contribution in [3.05, 3.63) is 16.4 Å². The molecule has 0 fully saturated rings. The largest absolute Gasteiger partial charge is 0.311 e. The first-order valence-electron chi connectivity index (χ1n) is 6.72. The van der Waals surface area contributed by atoms with Gasteiger partial charge in [0.15, 0.2) is 0 Å². The van der Waals surface area contributed by atoms with Crippen LogP contribution in [-0.2, 0) is 19.5 Å². The second-order valence-electron chi connectivity index (χ2n) is 4.35. The molecule has 0 spiro atoms. The van der Waals surface area contributed by atoms with Gasteiger partial charge in [-0.2, -0.15) is 5.10 Å². The third-order valence-electron chi connectivity index (χ3n) is 3.06. The summed E-state index contributed by atoms with van der Waals surface area (Å²) in [5.41, 5.74) is 2.07. The fourth-order valence-corrected chi connectivity index (χ4v) is 2.30. The number of nitrogens with one attached hydrogen (secondary N) is 1. The molecular formula is C13H23Cl2N3. The average Bonchev–Trinajstić information content (AvgIpc) is 2.70. The molecule has 1 atom stereocenters. The zero-order chi connectivity index (χ0) is 13.5. The number of nitrogens with zero attached hydrogens (tertiary/aromatic N) is 2. The summed E-state index contributed by atoms with van der Waals surface area (Å²) in [5, 5.41) is 8.96. The normalized spacial score (nSPS) is 12.9. The summed E-state index contributed by atoms with van der Waals surface area (Å²) in [4.78, 5) is 0. The van der Waals surface area contributed by atoms with Gasteiger partial charge >= 0.3 is 0 Å². The Labute approximate surface area is 120 Å². The van der Waals surface area contributed by atoms with Gasteiger partial charge in [0.25, 0.3) is 0 Å². The Hall–Kier alpha value is -0.250. The van der Waals surface area contributed by atoms with Crippen LogP contribution < -0.4 is 5.32 Å². The van der Waals surface area contributed by atoms with Gasteiger partial charge in [-0.1, -0.05) is 25.4 Å². The van der Waals surface area contributed by atoms with Crippen LogP contribution in [0.5, 0.6) is 0 Å². The molecule has 0 radical (unpaired) electrons. The minimum Gasteiger partial charge on any atom is -0.311 e. The summed E-state index contributed by atoms with van der Waals surface area (Å²) in [6.45, 7) is 8.78. The average molecular weight is 292 g/mol. The summed E-state index contributed by atoms with van der Waals surface area (Å²) >= 11 is 12.4. The van der Waals surface area contributed by atoms with Crippen LogP contribution in [0.25, 0.3) is 0 Å². The maximum atomic E-state index is 6.33. The van der Waals surface area contributed by atoms with Crippen molar-refractivity contribution >= 4 is 23.2 Å². The van der Waals surface area contributed by atoms with Gasteiger partial charge in [-0.3, -0.25) is 4.68 Å². The standard InChI is InChI=1S/C13H23Cl2N3/c1-4-10(14)7-8-16-9-12-13(15)11(5-2)17-18(12)6-3/h10,16H,4-9H2,1-3H3. The van der Waals surface area contributed by atoms with Crippen molar-refractivity contribution in [1.29, 1.82) is 0 Å². The van der Waals surface area contributed by atoms with Crippen molar-refractivity contribution in [2.75, 3.05) is 6.54 Å². The van der Waals surface area contributed by atoms with E-state index in [1.165, 1.54) is 0 Å². The molecule has 0 aliphatic carbocycles. The van der Waals surface area contributed by atoms with Gasteiger partial charge in [-0.25, -0.2) is 0 Å². The van der Waals surface area contributed by atoms with Crippen molar-refractivity contribution in [2.24, 2.45) is 0 Å². The van der Waals surface area contributed by atoms with Crippen LogP contribution in [0.2, 0.25) is 5.02 Å². The summed E-state index contributed by atoms with van der Waals surface area (Å²) < 4.78 is 1.98. The highest BCUT2D eigenvalue weighted by Gasteiger charge is 2.13. The van der Waals surface area contributed by atoms with Gasteiger partial charge < -0.3 is 5.32 Å². The monoisotopic (exact) mass is 291 g/mol. The van der Waals surface area contributed by atoms with Crippen molar-refractivity contribution in [3.8, 4) is 0 Å². The molecule has 18 heavy (non-hydrogen) atoms. The first-order valence-corrected chi connectivity index (χ1v) is 7.54. The Kier molecular flexibility index (Phi) is 7.05. The van der Waals surface area contributed by atoms with E-state index in [1.54, 1.807) is 0 Å². The molecule has 0 bridgehead atoms. The molecule has 1 unspecified atom stereocenters. The van der Waals surface area contributed by atoms with Crippen LogP contribution in [0.4, 0.5) is 0 Å². The number of hydrogen-bond donors (Lipinski definition) is 1. The predicted octanol–water partition coefficient (Wildman–Crippen LogP) is 3.62. The third kappa shape index (κ3) is 4.15. The molecule has 1 rings (SSSR count). The molecule has 0 aromatic carbocycles. The molecule has 1 heterocycles. The number of hydrogen-bond acceptors (Lipinski definition) is 2. The summed E-state index contributed by atoms with van der Waals surface area (Å²) in [6, 6.07) is 0. The molecule has 0 aliphatic heterocycles. The molecule has 0 saturated carbocycles. The van der Waals surface area contributed by atoms with E-state index in [0.717, 1.165) is 55.3 Å². The number of rotatable bonds is 8. The van der Waals surface area contributed by atoms with E-state index in [4.69, 9.17) is 23.2 Å². The Morgan fingerprint density at radius 2 is 2.06 bits per heavy atom. The van der Waals surface area contributed by atoms with Gasteiger partial charge in [0.2, 0.25) is 0 Å². The van der Waals surface area contributed by atoms with Crippen molar-refractivity contribution in [3.63, 3.8) is 0 Å². The molecule has 0 saturated heterocycles. The highest BCUT2D eigenvalue weighted by molar-refractivity contribution is 6.31. The number of halogens is 2. The molecule has 0 amide bonds. The lowest BCUT2D eigenvalue weighted by molar-refractivity contribution is 0.563. The van der Waals surface area contributed by atoms with Crippen LogP contribution in [0, 0.1) is 0 Å². The van der Waals surface area contributed by atoms with Gasteiger partial charge in [0.05, 0.1) is 16.4 Å². The third-order valence-corrected chi connectivity index (χ3v) is 4.03. The highest BCUT2D eigenvalue weighted by Crippen LogP contribution is 2.21. The van der Waals surface area contributed by atoms with Crippen LogP contribution in [0.1, 0.15) is 45.0 Å². The minimum atomic E-state index is 0.260. The SMILES string of the molecule is CCc1nn(CC)c(CNCCC(Cl)CC)c1Cl. The van der Waals surface area contributed by atoms with Gasteiger partial charge in [-0.15, -0.1) is 11.6 Å². The lowest BCUT2D eigenvalue weighted by Gasteiger charge is -2.09. The Morgan fingerprint density at radius 3 is 2.61 bits per heavy atom. The van der Waals surface area contributed by atoms with Crippen molar-refractivity contribution in [2.45, 2.75) is 58.5 Å². The second kappa shape index (κ2) is 8.03. The number of aromatic nitrogens is 2. The Morgan fingerprint density at radius 1 is 1.33 bits per heavy atom. The molecule has 104 valence electrons. The first-order chi connectivity index (χ1) is 8.63. The number of alkyl halides is 1. The first kappa shape index (κ1) is 15.8. The lowest BCUT2D eigenvalue weighted by atomic mass is 10.2. The highest BCUT2D eigenvalue weighted by atomic mass is 35.5. The summed E-state index contributed by atoms with van der Waals surface area (Å²) in [6.07, 6.45) is 2.87. The van der Waals surface area contributed by atoms with Crippen LogP contribution in [0.3, 0.4) is 0 Å². The smallest absolute Gasteiger partial charge is 0.0863 e.